The molecule has 3 aromatic carbocycles. The normalized spacial score (nSPS) is 10.9. The maximum Gasteiger partial charge on any atom is 0.266 e. The molecule has 5 nitrogen and oxygen atoms in total. The van der Waals surface area contributed by atoms with Crippen LogP contribution in [0.15, 0.2) is 82.7 Å². The van der Waals surface area contributed by atoms with Crippen LogP contribution in [-0.2, 0) is 4.79 Å². The van der Waals surface area contributed by atoms with Crippen LogP contribution in [0.1, 0.15) is 0 Å². The van der Waals surface area contributed by atoms with Crippen LogP contribution in [0, 0.1) is 11.6 Å². The highest BCUT2D eigenvalue weighted by atomic mass is 32.2. The summed E-state index contributed by atoms with van der Waals surface area (Å²) < 4.78 is 28.1. The Hall–Kier alpha value is -3.52. The molecule has 1 aromatic heterocycles. The number of carbonyl (C=O) groups excluding carboxylic acids is 1. The van der Waals surface area contributed by atoms with Gasteiger partial charge in [-0.3, -0.25) is 14.2 Å². The van der Waals surface area contributed by atoms with Gasteiger partial charge in [-0.2, -0.15) is 0 Å². The minimum atomic E-state index is -0.488. The zero-order valence-electron chi connectivity index (χ0n) is 15.5. The summed E-state index contributed by atoms with van der Waals surface area (Å²) in [6.07, 6.45) is 0. The molecular formula is C22H15F2N3O2S. The Morgan fingerprint density at radius 3 is 2.50 bits per heavy atom. The van der Waals surface area contributed by atoms with E-state index in [2.05, 4.69) is 10.3 Å². The van der Waals surface area contributed by atoms with Gasteiger partial charge >= 0.3 is 0 Å². The van der Waals surface area contributed by atoms with Crippen molar-refractivity contribution in [2.45, 2.75) is 5.16 Å². The zero-order valence-corrected chi connectivity index (χ0v) is 16.3. The van der Waals surface area contributed by atoms with E-state index in [9.17, 15) is 18.4 Å². The summed E-state index contributed by atoms with van der Waals surface area (Å²) in [6.45, 7) is 0. The van der Waals surface area contributed by atoms with Crippen LogP contribution in [0.25, 0.3) is 16.6 Å². The van der Waals surface area contributed by atoms with Crippen LogP contribution in [0.3, 0.4) is 0 Å². The Bertz CT molecular complexity index is 1290. The molecule has 4 rings (SSSR count). The summed E-state index contributed by atoms with van der Waals surface area (Å²) in [5.74, 6) is -1.28. The fourth-order valence-electron chi connectivity index (χ4n) is 2.91. The van der Waals surface area contributed by atoms with Gasteiger partial charge in [-0.05, 0) is 54.6 Å². The number of hydrogen-bond donors (Lipinski definition) is 1. The quantitative estimate of drug-likeness (QED) is 0.382. The third kappa shape index (κ3) is 4.23. The Morgan fingerprint density at radius 1 is 0.967 bits per heavy atom. The lowest BCUT2D eigenvalue weighted by Crippen LogP contribution is -2.23. The smallest absolute Gasteiger partial charge is 0.266 e. The Kier molecular flexibility index (Phi) is 5.58. The van der Waals surface area contributed by atoms with E-state index in [-0.39, 0.29) is 22.4 Å². The van der Waals surface area contributed by atoms with E-state index in [1.807, 2.05) is 0 Å². The van der Waals surface area contributed by atoms with Crippen molar-refractivity contribution in [2.24, 2.45) is 0 Å². The molecule has 0 atom stereocenters. The van der Waals surface area contributed by atoms with E-state index in [0.29, 0.717) is 22.3 Å². The van der Waals surface area contributed by atoms with E-state index < -0.39 is 11.6 Å². The summed E-state index contributed by atoms with van der Waals surface area (Å²) in [4.78, 5) is 29.9. The van der Waals surface area contributed by atoms with Gasteiger partial charge in [0.15, 0.2) is 5.16 Å². The number of rotatable bonds is 5. The second-order valence-electron chi connectivity index (χ2n) is 6.38. The molecule has 0 radical (unpaired) electrons. The van der Waals surface area contributed by atoms with Crippen LogP contribution in [0.4, 0.5) is 14.5 Å². The molecule has 4 aromatic rings. The number of hydrogen-bond acceptors (Lipinski definition) is 4. The van der Waals surface area contributed by atoms with Gasteiger partial charge in [-0.25, -0.2) is 13.8 Å². The maximum absolute atomic E-state index is 13.8. The molecule has 0 fully saturated rings. The van der Waals surface area contributed by atoms with E-state index in [4.69, 9.17) is 0 Å². The second kappa shape index (κ2) is 8.46. The molecule has 0 unspecified atom stereocenters. The highest BCUT2D eigenvalue weighted by Gasteiger charge is 2.15. The molecule has 1 amide bonds. The van der Waals surface area contributed by atoms with E-state index in [1.165, 1.54) is 47.0 Å². The van der Waals surface area contributed by atoms with Crippen molar-refractivity contribution in [1.29, 1.82) is 0 Å². The van der Waals surface area contributed by atoms with Crippen molar-refractivity contribution < 1.29 is 13.6 Å². The first-order valence-electron chi connectivity index (χ1n) is 8.97. The molecule has 0 aliphatic carbocycles. The van der Waals surface area contributed by atoms with Gasteiger partial charge in [0, 0.05) is 5.69 Å². The molecule has 0 bridgehead atoms. The van der Waals surface area contributed by atoms with Gasteiger partial charge in [0.25, 0.3) is 5.56 Å². The van der Waals surface area contributed by atoms with Crippen molar-refractivity contribution in [3.8, 4) is 5.69 Å². The Balaban J connectivity index is 1.67. The number of nitrogens with zero attached hydrogens (tertiary/aromatic N) is 2. The molecule has 1 N–H and O–H groups in total. The summed E-state index contributed by atoms with van der Waals surface area (Å²) in [6, 6.07) is 17.9. The van der Waals surface area contributed by atoms with Crippen LogP contribution in [0.2, 0.25) is 0 Å². The summed E-state index contributed by atoms with van der Waals surface area (Å²) >= 11 is 1.05. The number of amides is 1. The average Bonchev–Trinajstić information content (AvgIpc) is 2.74. The molecule has 150 valence electrons. The largest absolute Gasteiger partial charge is 0.325 e. The van der Waals surface area contributed by atoms with Crippen molar-refractivity contribution in [3.05, 3.63) is 94.8 Å². The van der Waals surface area contributed by atoms with Crippen LogP contribution in [0.5, 0.6) is 0 Å². The maximum atomic E-state index is 13.8. The summed E-state index contributed by atoms with van der Waals surface area (Å²) in [5, 5.41) is 3.31. The first kappa shape index (κ1) is 19.8. The molecule has 1 heterocycles. The first-order valence-corrected chi connectivity index (χ1v) is 9.96. The van der Waals surface area contributed by atoms with E-state index in [0.717, 1.165) is 11.8 Å². The zero-order chi connectivity index (χ0) is 21.1. The fraction of sp³-hybridized carbons (Fsp3) is 0.0455. The monoisotopic (exact) mass is 423 g/mol. The molecule has 0 aliphatic rings. The number of thioether (sulfide) groups is 1. The highest BCUT2D eigenvalue weighted by Crippen LogP contribution is 2.22. The lowest BCUT2D eigenvalue weighted by Gasteiger charge is -2.13. The predicted molar refractivity (Wildman–Crippen MR) is 113 cm³/mol. The number of para-hydroxylation sites is 1. The van der Waals surface area contributed by atoms with E-state index >= 15 is 0 Å². The number of halogens is 2. The van der Waals surface area contributed by atoms with Crippen molar-refractivity contribution in [1.82, 2.24) is 9.55 Å². The second-order valence-corrected chi connectivity index (χ2v) is 7.32. The van der Waals surface area contributed by atoms with Crippen LogP contribution in [-0.4, -0.2) is 21.2 Å². The third-order valence-corrected chi connectivity index (χ3v) is 5.21. The molecule has 30 heavy (non-hydrogen) atoms. The van der Waals surface area contributed by atoms with E-state index in [1.54, 1.807) is 30.3 Å². The number of fused-ring (bicyclic) bond motifs is 1. The van der Waals surface area contributed by atoms with Gasteiger partial charge < -0.3 is 5.32 Å². The SMILES string of the molecule is O=C(CSc1nc2ccccc2c(=O)n1-c1cccc(F)c1)Nc1ccc(F)cc1. The van der Waals surface area contributed by atoms with Crippen LogP contribution < -0.4 is 10.9 Å². The fourth-order valence-corrected chi connectivity index (χ4v) is 3.73. The molecule has 0 saturated carbocycles. The highest BCUT2D eigenvalue weighted by molar-refractivity contribution is 7.99. The number of nitrogens with one attached hydrogen (secondary N) is 1. The van der Waals surface area contributed by atoms with Crippen molar-refractivity contribution in [2.75, 3.05) is 11.1 Å². The number of aromatic nitrogens is 2. The van der Waals surface area contributed by atoms with Gasteiger partial charge in [0.05, 0.1) is 22.3 Å². The number of benzene rings is 3. The first-order chi connectivity index (χ1) is 14.5. The number of carbonyl (C=O) groups is 1. The summed E-state index contributed by atoms with van der Waals surface area (Å²) in [5.41, 5.74) is 0.903. The molecular weight excluding hydrogens is 408 g/mol. The van der Waals surface area contributed by atoms with Gasteiger partial charge in [0.1, 0.15) is 11.6 Å². The van der Waals surface area contributed by atoms with Crippen molar-refractivity contribution in [3.63, 3.8) is 0 Å². The third-order valence-electron chi connectivity index (χ3n) is 4.27. The standard InChI is InChI=1S/C22H15F2N3O2S/c23-14-8-10-16(11-9-14)25-20(28)13-30-22-26-19-7-2-1-6-18(19)21(29)27(22)17-5-3-4-15(24)12-17/h1-12H,13H2,(H,25,28). The Labute approximate surface area is 174 Å². The van der Waals surface area contributed by atoms with Gasteiger partial charge in [-0.1, -0.05) is 30.0 Å². The van der Waals surface area contributed by atoms with Gasteiger partial charge in [0.2, 0.25) is 5.91 Å². The minimum absolute atomic E-state index is 0.0442. The lowest BCUT2D eigenvalue weighted by molar-refractivity contribution is -0.113. The molecule has 0 spiro atoms. The minimum Gasteiger partial charge on any atom is -0.325 e. The molecule has 8 heteroatoms. The van der Waals surface area contributed by atoms with Crippen molar-refractivity contribution >= 4 is 34.3 Å². The summed E-state index contributed by atoms with van der Waals surface area (Å²) in [7, 11) is 0. The Morgan fingerprint density at radius 2 is 1.73 bits per heavy atom. The predicted octanol–water partition coefficient (Wildman–Crippen LogP) is 4.39. The van der Waals surface area contributed by atoms with Gasteiger partial charge in [-0.15, -0.1) is 0 Å². The molecule has 0 aliphatic heterocycles. The number of anilines is 1. The molecule has 0 saturated heterocycles. The van der Waals surface area contributed by atoms with Crippen LogP contribution >= 0.6 is 11.8 Å². The lowest BCUT2D eigenvalue weighted by atomic mass is 10.2. The topological polar surface area (TPSA) is 64.0 Å². The average molecular weight is 423 g/mol.